The maximum Gasteiger partial charge on any atom is 0.0937 e. The van der Waals surface area contributed by atoms with Gasteiger partial charge in [0.2, 0.25) is 0 Å². The summed E-state index contributed by atoms with van der Waals surface area (Å²) < 4.78 is 5.31. The highest BCUT2D eigenvalue weighted by atomic mass is 16.5. The largest absolute Gasteiger partial charge is 0.387 e. The minimum Gasteiger partial charge on any atom is -0.387 e. The first kappa shape index (κ1) is 11.4. The van der Waals surface area contributed by atoms with E-state index in [1.807, 2.05) is 13.8 Å². The lowest BCUT2D eigenvalue weighted by Gasteiger charge is -2.05. The second kappa shape index (κ2) is 7.10. The van der Waals surface area contributed by atoms with Crippen molar-refractivity contribution in [1.82, 2.24) is 0 Å². The molecule has 0 saturated heterocycles. The summed E-state index contributed by atoms with van der Waals surface area (Å²) in [6, 6.07) is 0. The zero-order chi connectivity index (χ0) is 9.40. The van der Waals surface area contributed by atoms with Crippen molar-refractivity contribution in [2.24, 2.45) is 10.7 Å². The maximum absolute atomic E-state index is 5.60. The van der Waals surface area contributed by atoms with Gasteiger partial charge in [0, 0.05) is 6.42 Å². The second-order valence-electron chi connectivity index (χ2n) is 3.04. The Morgan fingerprint density at radius 1 is 1.50 bits per heavy atom. The molecule has 0 amide bonds. The average Bonchev–Trinajstić information content (AvgIpc) is 1.98. The lowest BCUT2D eigenvalue weighted by molar-refractivity contribution is 0.0853. The van der Waals surface area contributed by atoms with Gasteiger partial charge < -0.3 is 10.5 Å². The molecule has 0 spiro atoms. The molecule has 72 valence electrons. The molecule has 3 nitrogen and oxygen atoms in total. The fourth-order valence-corrected chi connectivity index (χ4v) is 0.813. The van der Waals surface area contributed by atoms with Crippen molar-refractivity contribution in [2.45, 2.75) is 39.7 Å². The SMILES string of the molecule is CCCC(N)=NCCOC(C)C. The topological polar surface area (TPSA) is 47.6 Å². The quantitative estimate of drug-likeness (QED) is 0.375. The van der Waals surface area contributed by atoms with Gasteiger partial charge in [-0.1, -0.05) is 6.92 Å². The summed E-state index contributed by atoms with van der Waals surface area (Å²) in [5.41, 5.74) is 5.60. The van der Waals surface area contributed by atoms with Crippen LogP contribution in [0.5, 0.6) is 0 Å². The summed E-state index contributed by atoms with van der Waals surface area (Å²) in [5.74, 6) is 0.741. The van der Waals surface area contributed by atoms with Gasteiger partial charge in [-0.25, -0.2) is 0 Å². The molecule has 0 aliphatic rings. The molecule has 0 bridgehead atoms. The van der Waals surface area contributed by atoms with Crippen molar-refractivity contribution < 1.29 is 4.74 Å². The Bertz CT molecular complexity index is 132. The van der Waals surface area contributed by atoms with Crippen molar-refractivity contribution in [2.75, 3.05) is 13.2 Å². The van der Waals surface area contributed by atoms with E-state index in [-0.39, 0.29) is 6.10 Å². The summed E-state index contributed by atoms with van der Waals surface area (Å²) in [5, 5.41) is 0. The number of ether oxygens (including phenoxy) is 1. The van der Waals surface area contributed by atoms with Crippen LogP contribution >= 0.6 is 0 Å². The van der Waals surface area contributed by atoms with E-state index in [0.29, 0.717) is 13.2 Å². The molecule has 3 heteroatoms. The van der Waals surface area contributed by atoms with Crippen LogP contribution in [0.3, 0.4) is 0 Å². The number of nitrogens with two attached hydrogens (primary N) is 1. The van der Waals surface area contributed by atoms with E-state index in [0.717, 1.165) is 18.7 Å². The third kappa shape index (κ3) is 7.54. The molecular weight excluding hydrogens is 152 g/mol. The zero-order valence-electron chi connectivity index (χ0n) is 8.34. The molecule has 0 unspecified atom stereocenters. The monoisotopic (exact) mass is 172 g/mol. The van der Waals surface area contributed by atoms with Crippen LogP contribution in [0.4, 0.5) is 0 Å². The van der Waals surface area contributed by atoms with E-state index in [2.05, 4.69) is 11.9 Å². The number of hydrogen-bond acceptors (Lipinski definition) is 2. The lowest BCUT2D eigenvalue weighted by Crippen LogP contribution is -2.14. The molecule has 0 aromatic rings. The number of amidine groups is 1. The van der Waals surface area contributed by atoms with Crippen LogP contribution in [0.25, 0.3) is 0 Å². The Hall–Kier alpha value is -0.570. The van der Waals surface area contributed by atoms with Crippen molar-refractivity contribution in [3.8, 4) is 0 Å². The summed E-state index contributed by atoms with van der Waals surface area (Å²) in [7, 11) is 0. The molecule has 2 N–H and O–H groups in total. The van der Waals surface area contributed by atoms with Crippen molar-refractivity contribution in [1.29, 1.82) is 0 Å². The Balaban J connectivity index is 3.33. The van der Waals surface area contributed by atoms with Crippen molar-refractivity contribution in [3.05, 3.63) is 0 Å². The molecular formula is C9H20N2O. The minimum atomic E-state index is 0.285. The Kier molecular flexibility index (Phi) is 6.76. The van der Waals surface area contributed by atoms with Crippen LogP contribution in [0.15, 0.2) is 4.99 Å². The molecule has 0 aromatic heterocycles. The summed E-state index contributed by atoms with van der Waals surface area (Å²) in [6.07, 6.45) is 2.23. The average molecular weight is 172 g/mol. The molecule has 0 aromatic carbocycles. The van der Waals surface area contributed by atoms with E-state index in [4.69, 9.17) is 10.5 Å². The van der Waals surface area contributed by atoms with E-state index in [1.165, 1.54) is 0 Å². The highest BCUT2D eigenvalue weighted by Crippen LogP contribution is 1.89. The third-order valence-corrected chi connectivity index (χ3v) is 1.36. The first-order valence-corrected chi connectivity index (χ1v) is 4.57. The first-order chi connectivity index (χ1) is 5.66. The second-order valence-corrected chi connectivity index (χ2v) is 3.04. The lowest BCUT2D eigenvalue weighted by atomic mass is 10.3. The van der Waals surface area contributed by atoms with Gasteiger partial charge in [0.15, 0.2) is 0 Å². The van der Waals surface area contributed by atoms with Gasteiger partial charge in [-0.3, -0.25) is 4.99 Å². The van der Waals surface area contributed by atoms with E-state index in [1.54, 1.807) is 0 Å². The smallest absolute Gasteiger partial charge is 0.0937 e. The number of hydrogen-bond donors (Lipinski definition) is 1. The van der Waals surface area contributed by atoms with Crippen LogP contribution in [0.1, 0.15) is 33.6 Å². The third-order valence-electron chi connectivity index (χ3n) is 1.36. The standard InChI is InChI=1S/C9H20N2O/c1-4-5-9(10)11-6-7-12-8(2)3/h8H,4-7H2,1-3H3,(H2,10,11). The Morgan fingerprint density at radius 3 is 2.67 bits per heavy atom. The summed E-state index contributed by atoms with van der Waals surface area (Å²) >= 11 is 0. The highest BCUT2D eigenvalue weighted by molar-refractivity contribution is 5.80. The van der Waals surface area contributed by atoms with Gasteiger partial charge in [-0.2, -0.15) is 0 Å². The van der Waals surface area contributed by atoms with Crippen LogP contribution in [-0.4, -0.2) is 25.1 Å². The molecule has 12 heavy (non-hydrogen) atoms. The van der Waals surface area contributed by atoms with Crippen LogP contribution in [0, 0.1) is 0 Å². The Labute approximate surface area is 75.0 Å². The van der Waals surface area contributed by atoms with Crippen LogP contribution < -0.4 is 5.73 Å². The van der Waals surface area contributed by atoms with E-state index < -0.39 is 0 Å². The summed E-state index contributed by atoms with van der Waals surface area (Å²) in [6.45, 7) is 7.47. The van der Waals surface area contributed by atoms with E-state index >= 15 is 0 Å². The molecule has 0 atom stereocenters. The summed E-state index contributed by atoms with van der Waals surface area (Å²) in [4.78, 5) is 4.16. The zero-order valence-corrected chi connectivity index (χ0v) is 8.34. The van der Waals surface area contributed by atoms with Crippen LogP contribution in [0.2, 0.25) is 0 Å². The minimum absolute atomic E-state index is 0.285. The normalized spacial score (nSPS) is 12.5. The van der Waals surface area contributed by atoms with Crippen molar-refractivity contribution in [3.63, 3.8) is 0 Å². The molecule has 0 radical (unpaired) electrons. The van der Waals surface area contributed by atoms with E-state index in [9.17, 15) is 0 Å². The molecule has 0 aliphatic carbocycles. The van der Waals surface area contributed by atoms with Gasteiger partial charge in [-0.15, -0.1) is 0 Å². The highest BCUT2D eigenvalue weighted by Gasteiger charge is 1.92. The number of aliphatic imine (C=N–C) groups is 1. The fourth-order valence-electron chi connectivity index (χ4n) is 0.813. The first-order valence-electron chi connectivity index (χ1n) is 4.57. The number of nitrogens with zero attached hydrogens (tertiary/aromatic N) is 1. The Morgan fingerprint density at radius 2 is 2.17 bits per heavy atom. The molecule has 0 fully saturated rings. The molecule has 0 saturated carbocycles. The predicted molar refractivity (Wildman–Crippen MR) is 52.5 cm³/mol. The van der Waals surface area contributed by atoms with Gasteiger partial charge in [0.05, 0.1) is 25.1 Å². The number of rotatable bonds is 6. The van der Waals surface area contributed by atoms with Gasteiger partial charge in [0.25, 0.3) is 0 Å². The molecule has 0 rings (SSSR count). The molecule has 0 aliphatic heterocycles. The van der Waals surface area contributed by atoms with Crippen molar-refractivity contribution >= 4 is 5.84 Å². The predicted octanol–water partition coefficient (Wildman–Crippen LogP) is 1.57. The maximum atomic E-state index is 5.60. The fraction of sp³-hybridized carbons (Fsp3) is 0.889. The van der Waals surface area contributed by atoms with Gasteiger partial charge >= 0.3 is 0 Å². The van der Waals surface area contributed by atoms with Gasteiger partial charge in [-0.05, 0) is 20.3 Å². The van der Waals surface area contributed by atoms with Crippen LogP contribution in [-0.2, 0) is 4.74 Å². The van der Waals surface area contributed by atoms with Gasteiger partial charge in [0.1, 0.15) is 0 Å². The molecule has 0 heterocycles.